The van der Waals surface area contributed by atoms with Gasteiger partial charge in [0.05, 0.1) is 0 Å². The fraction of sp³-hybridized carbons (Fsp3) is 0.500. The predicted molar refractivity (Wildman–Crippen MR) is 78.7 cm³/mol. The molecular weight excluding hydrogens is 262 g/mol. The van der Waals surface area contributed by atoms with E-state index >= 15 is 0 Å². The van der Waals surface area contributed by atoms with E-state index in [1.165, 1.54) is 0 Å². The summed E-state index contributed by atoms with van der Waals surface area (Å²) < 4.78 is 0. The first-order valence-electron chi connectivity index (χ1n) is 6.74. The van der Waals surface area contributed by atoms with Crippen molar-refractivity contribution in [2.75, 3.05) is 25.0 Å². The lowest BCUT2D eigenvalue weighted by Gasteiger charge is -2.33. The maximum Gasteiger partial charge on any atom is 0.322 e. The molecule has 0 bridgehead atoms. The summed E-state index contributed by atoms with van der Waals surface area (Å²) in [5.41, 5.74) is 0.775. The number of likely N-dealkylation sites (N-methyl/N-ethyl adjacent to an activating group) is 1. The van der Waals surface area contributed by atoms with Gasteiger partial charge in [0.15, 0.2) is 0 Å². The second-order valence-corrected chi connectivity index (χ2v) is 5.16. The van der Waals surface area contributed by atoms with Crippen molar-refractivity contribution in [3.63, 3.8) is 0 Å². The Kier molecular flexibility index (Phi) is 5.05. The molecule has 1 unspecified atom stereocenters. The maximum absolute atomic E-state index is 12.3. The summed E-state index contributed by atoms with van der Waals surface area (Å²) in [6, 6.07) is 7.41. The van der Waals surface area contributed by atoms with Crippen LogP contribution in [0.25, 0.3) is 0 Å². The molecule has 1 aromatic rings. The van der Waals surface area contributed by atoms with Crippen LogP contribution in [0.5, 0.6) is 0 Å². The molecule has 1 heterocycles. The van der Waals surface area contributed by atoms with Crippen molar-refractivity contribution >= 4 is 23.3 Å². The van der Waals surface area contributed by atoms with E-state index in [4.69, 9.17) is 11.6 Å². The molecule has 2 N–H and O–H groups in total. The number of carbonyl (C=O) groups is 1. The fourth-order valence-corrected chi connectivity index (χ4v) is 2.52. The lowest BCUT2D eigenvalue weighted by molar-refractivity contribution is 0.177. The van der Waals surface area contributed by atoms with E-state index in [9.17, 15) is 4.79 Å². The van der Waals surface area contributed by atoms with Gasteiger partial charge in [0.2, 0.25) is 0 Å². The summed E-state index contributed by atoms with van der Waals surface area (Å²) in [5, 5.41) is 6.92. The highest BCUT2D eigenvalue weighted by Gasteiger charge is 2.23. The number of urea groups is 1. The summed E-state index contributed by atoms with van der Waals surface area (Å²) in [7, 11) is 0. The molecule has 1 aliphatic rings. The molecule has 0 aliphatic carbocycles. The molecule has 1 atom stereocenters. The number of hydrogen-bond donors (Lipinski definition) is 2. The van der Waals surface area contributed by atoms with Crippen molar-refractivity contribution in [2.45, 2.75) is 25.8 Å². The van der Waals surface area contributed by atoms with Crippen molar-refractivity contribution < 1.29 is 4.79 Å². The monoisotopic (exact) mass is 281 g/mol. The highest BCUT2D eigenvalue weighted by Crippen LogP contribution is 2.16. The lowest BCUT2D eigenvalue weighted by atomic mass is 10.1. The molecule has 104 valence electrons. The van der Waals surface area contributed by atoms with E-state index < -0.39 is 0 Å². The minimum absolute atomic E-state index is 0.0430. The molecule has 2 amide bonds. The molecule has 1 fully saturated rings. The molecule has 2 rings (SSSR count). The zero-order valence-electron chi connectivity index (χ0n) is 11.2. The third-order valence-electron chi connectivity index (χ3n) is 3.41. The number of nitrogens with zero attached hydrogens (tertiary/aromatic N) is 1. The number of benzene rings is 1. The Balaban J connectivity index is 1.97. The first kappa shape index (κ1) is 14.2. The highest BCUT2D eigenvalue weighted by molar-refractivity contribution is 6.30. The van der Waals surface area contributed by atoms with Gasteiger partial charge in [0.1, 0.15) is 0 Å². The minimum atomic E-state index is -0.0430. The Morgan fingerprint density at radius 3 is 2.79 bits per heavy atom. The zero-order valence-corrected chi connectivity index (χ0v) is 11.9. The van der Waals surface area contributed by atoms with E-state index in [2.05, 4.69) is 10.6 Å². The van der Waals surface area contributed by atoms with Gasteiger partial charge < -0.3 is 15.5 Å². The van der Waals surface area contributed by atoms with Crippen molar-refractivity contribution in [2.24, 2.45) is 0 Å². The Labute approximate surface area is 119 Å². The van der Waals surface area contributed by atoms with Crippen LogP contribution in [0.4, 0.5) is 10.5 Å². The number of amides is 2. The lowest BCUT2D eigenvalue weighted by Crippen LogP contribution is -2.50. The van der Waals surface area contributed by atoms with E-state index in [1.54, 1.807) is 12.1 Å². The Bertz CT molecular complexity index is 415. The van der Waals surface area contributed by atoms with Gasteiger partial charge in [-0.2, -0.15) is 0 Å². The van der Waals surface area contributed by atoms with Crippen LogP contribution in [0, 0.1) is 0 Å². The second kappa shape index (κ2) is 6.78. The van der Waals surface area contributed by atoms with Crippen molar-refractivity contribution in [3.8, 4) is 0 Å². The minimum Gasteiger partial charge on any atom is -0.321 e. The van der Waals surface area contributed by atoms with Gasteiger partial charge >= 0.3 is 6.03 Å². The van der Waals surface area contributed by atoms with Gasteiger partial charge in [-0.15, -0.1) is 0 Å². The molecular formula is C14H20ClN3O. The number of rotatable bonds is 3. The van der Waals surface area contributed by atoms with Crippen LogP contribution in [0.3, 0.4) is 0 Å². The Morgan fingerprint density at radius 1 is 1.47 bits per heavy atom. The third-order valence-corrected chi connectivity index (χ3v) is 3.66. The molecule has 1 aromatic carbocycles. The maximum atomic E-state index is 12.3. The van der Waals surface area contributed by atoms with E-state index in [0.717, 1.165) is 31.6 Å². The fourth-order valence-electron chi connectivity index (χ4n) is 2.40. The predicted octanol–water partition coefficient (Wildman–Crippen LogP) is 2.95. The van der Waals surface area contributed by atoms with Gasteiger partial charge in [0.25, 0.3) is 0 Å². The highest BCUT2D eigenvalue weighted by atomic mass is 35.5. The van der Waals surface area contributed by atoms with Crippen molar-refractivity contribution in [1.29, 1.82) is 0 Å². The van der Waals surface area contributed by atoms with Gasteiger partial charge in [-0.05, 0) is 50.6 Å². The summed E-state index contributed by atoms with van der Waals surface area (Å²) in [5.74, 6) is 0. The molecule has 5 heteroatoms. The van der Waals surface area contributed by atoms with Crippen molar-refractivity contribution in [1.82, 2.24) is 10.2 Å². The van der Waals surface area contributed by atoms with Crippen LogP contribution in [-0.2, 0) is 0 Å². The molecule has 4 nitrogen and oxygen atoms in total. The third kappa shape index (κ3) is 3.85. The smallest absolute Gasteiger partial charge is 0.321 e. The van der Waals surface area contributed by atoms with Crippen LogP contribution in [0.1, 0.15) is 19.8 Å². The second-order valence-electron chi connectivity index (χ2n) is 4.72. The van der Waals surface area contributed by atoms with Gasteiger partial charge in [0, 0.05) is 29.8 Å². The van der Waals surface area contributed by atoms with Crippen LogP contribution >= 0.6 is 11.6 Å². The first-order chi connectivity index (χ1) is 9.20. The zero-order chi connectivity index (χ0) is 13.7. The van der Waals surface area contributed by atoms with Gasteiger partial charge in [-0.3, -0.25) is 0 Å². The van der Waals surface area contributed by atoms with Gasteiger partial charge in [-0.1, -0.05) is 11.6 Å². The normalized spacial score (nSPS) is 18.9. The Morgan fingerprint density at radius 2 is 2.21 bits per heavy atom. The van der Waals surface area contributed by atoms with Crippen LogP contribution in [0.15, 0.2) is 24.3 Å². The van der Waals surface area contributed by atoms with Crippen LogP contribution < -0.4 is 10.6 Å². The first-order valence-corrected chi connectivity index (χ1v) is 7.12. The van der Waals surface area contributed by atoms with E-state index in [1.807, 2.05) is 24.0 Å². The molecule has 0 spiro atoms. The number of nitrogens with one attached hydrogen (secondary N) is 2. The molecule has 0 aromatic heterocycles. The number of anilines is 1. The summed E-state index contributed by atoms with van der Waals surface area (Å²) in [6.07, 6.45) is 2.18. The summed E-state index contributed by atoms with van der Waals surface area (Å²) >= 11 is 5.83. The largest absolute Gasteiger partial charge is 0.322 e. The topological polar surface area (TPSA) is 44.4 Å². The average Bonchev–Trinajstić information content (AvgIpc) is 2.43. The van der Waals surface area contributed by atoms with Gasteiger partial charge in [-0.25, -0.2) is 4.79 Å². The molecule has 19 heavy (non-hydrogen) atoms. The SMILES string of the molecule is CCN(C(=O)Nc1ccc(Cl)cc1)C1CCCNC1. The van der Waals surface area contributed by atoms with E-state index in [-0.39, 0.29) is 12.1 Å². The average molecular weight is 282 g/mol. The van der Waals surface area contributed by atoms with Crippen LogP contribution in [0.2, 0.25) is 5.02 Å². The number of hydrogen-bond acceptors (Lipinski definition) is 2. The standard InChI is InChI=1S/C14H20ClN3O/c1-2-18(13-4-3-9-16-10-13)14(19)17-12-7-5-11(15)6-8-12/h5-8,13,16H,2-4,9-10H2,1H3,(H,17,19). The molecule has 0 saturated carbocycles. The number of piperidine rings is 1. The van der Waals surface area contributed by atoms with E-state index in [0.29, 0.717) is 11.6 Å². The quantitative estimate of drug-likeness (QED) is 0.895. The molecule has 1 aliphatic heterocycles. The van der Waals surface area contributed by atoms with Crippen LogP contribution in [-0.4, -0.2) is 36.6 Å². The number of carbonyl (C=O) groups excluding carboxylic acids is 1. The van der Waals surface area contributed by atoms with Crippen molar-refractivity contribution in [3.05, 3.63) is 29.3 Å². The summed E-state index contributed by atoms with van der Waals surface area (Å²) in [6.45, 7) is 4.65. The molecule has 0 radical (unpaired) electrons. The Hall–Kier alpha value is -1.26. The summed E-state index contributed by atoms with van der Waals surface area (Å²) in [4.78, 5) is 14.2. The number of halogens is 1. The molecule has 1 saturated heterocycles.